The molecule has 1 saturated heterocycles. The Kier molecular flexibility index (Phi) is 7.35. The number of sulfonamides is 1. The molecule has 9 heteroatoms. The van der Waals surface area contributed by atoms with Gasteiger partial charge in [0.25, 0.3) is 5.91 Å². The average molecular weight is 545 g/mol. The van der Waals surface area contributed by atoms with Crippen LogP contribution in [0.5, 0.6) is 0 Å². The van der Waals surface area contributed by atoms with E-state index in [-0.39, 0.29) is 10.5 Å². The highest BCUT2D eigenvalue weighted by atomic mass is 79.9. The summed E-state index contributed by atoms with van der Waals surface area (Å²) in [7, 11) is -3.74. The van der Waals surface area contributed by atoms with Crippen LogP contribution in [-0.2, 0) is 19.6 Å². The number of carbonyl (C=O) groups is 2. The highest BCUT2D eigenvalue weighted by Gasteiger charge is 2.29. The van der Waals surface area contributed by atoms with Crippen molar-refractivity contribution in [3.05, 3.63) is 70.7 Å². The molecule has 0 atom stereocenters. The lowest BCUT2D eigenvalue weighted by atomic mass is 10.0. The predicted octanol–water partition coefficient (Wildman–Crippen LogP) is 4.82. The van der Waals surface area contributed by atoms with Gasteiger partial charge in [-0.25, -0.2) is 13.2 Å². The molecule has 0 radical (unpaired) electrons. The molecule has 0 saturated carbocycles. The molecule has 7 nitrogen and oxygen atoms in total. The van der Waals surface area contributed by atoms with Crippen LogP contribution in [0, 0.1) is 5.92 Å². The van der Waals surface area contributed by atoms with Crippen molar-refractivity contribution in [2.75, 3.05) is 25.0 Å². The van der Waals surface area contributed by atoms with E-state index in [4.69, 9.17) is 4.74 Å². The second kappa shape index (κ2) is 10.2. The number of hydrogen-bond acceptors (Lipinski definition) is 5. The summed E-state index contributed by atoms with van der Waals surface area (Å²) in [5, 5.41) is 4.73. The van der Waals surface area contributed by atoms with E-state index in [1.807, 2.05) is 36.4 Å². The molecule has 4 rings (SSSR count). The molecule has 0 aromatic heterocycles. The van der Waals surface area contributed by atoms with Gasteiger partial charge >= 0.3 is 5.97 Å². The van der Waals surface area contributed by atoms with E-state index >= 15 is 0 Å². The molecule has 0 aliphatic carbocycles. The lowest BCUT2D eigenvalue weighted by Gasteiger charge is -2.29. The smallest absolute Gasteiger partial charge is 0.338 e. The van der Waals surface area contributed by atoms with E-state index in [9.17, 15) is 18.0 Å². The Balaban J connectivity index is 1.41. The van der Waals surface area contributed by atoms with Gasteiger partial charge < -0.3 is 10.1 Å². The fourth-order valence-corrected chi connectivity index (χ4v) is 6.07. The molecular formula is C25H25BrN2O5S. The number of carbonyl (C=O) groups excluding carboxylic acids is 2. The van der Waals surface area contributed by atoms with Crippen LogP contribution in [0.15, 0.2) is 70.0 Å². The van der Waals surface area contributed by atoms with Crippen molar-refractivity contribution in [3.63, 3.8) is 0 Å². The number of halogens is 1. The zero-order valence-corrected chi connectivity index (χ0v) is 21.1. The first-order valence-corrected chi connectivity index (χ1v) is 13.2. The number of rotatable bonds is 6. The van der Waals surface area contributed by atoms with Crippen molar-refractivity contribution >= 4 is 54.3 Å². The van der Waals surface area contributed by atoms with E-state index in [1.54, 1.807) is 6.07 Å². The Labute approximate surface area is 207 Å². The fraction of sp³-hybridized carbons (Fsp3) is 0.280. The third-order valence-corrected chi connectivity index (χ3v) is 8.19. The molecule has 1 fully saturated rings. The van der Waals surface area contributed by atoms with E-state index in [0.717, 1.165) is 23.6 Å². The van der Waals surface area contributed by atoms with Crippen LogP contribution < -0.4 is 5.32 Å². The number of hydrogen-bond donors (Lipinski definition) is 1. The molecule has 178 valence electrons. The van der Waals surface area contributed by atoms with Gasteiger partial charge in [0.2, 0.25) is 10.0 Å². The maximum absolute atomic E-state index is 13.1. The summed E-state index contributed by atoms with van der Waals surface area (Å²) < 4.78 is 33.2. The van der Waals surface area contributed by atoms with E-state index < -0.39 is 28.5 Å². The molecule has 0 spiro atoms. The summed E-state index contributed by atoms with van der Waals surface area (Å²) in [6, 6.07) is 17.5. The fourth-order valence-electron chi connectivity index (χ4n) is 3.88. The number of ether oxygens (including phenoxy) is 1. The SMILES string of the molecule is CC1CCN(S(=O)(=O)c2cc(Br)cc(C(=O)OCC(=O)Nc3ccc4ccccc4c3)c2)CC1. The van der Waals surface area contributed by atoms with Crippen LogP contribution in [0.4, 0.5) is 5.69 Å². The van der Waals surface area contributed by atoms with Crippen LogP contribution in [-0.4, -0.2) is 44.3 Å². The third-order valence-electron chi connectivity index (χ3n) is 5.85. The van der Waals surface area contributed by atoms with Gasteiger partial charge in [-0.3, -0.25) is 4.79 Å². The first kappa shape index (κ1) is 24.4. The monoisotopic (exact) mass is 544 g/mol. The van der Waals surface area contributed by atoms with Crippen molar-refractivity contribution in [3.8, 4) is 0 Å². The van der Waals surface area contributed by atoms with Gasteiger partial charge in [0.05, 0.1) is 10.5 Å². The predicted molar refractivity (Wildman–Crippen MR) is 134 cm³/mol. The van der Waals surface area contributed by atoms with Gasteiger partial charge in [0.15, 0.2) is 6.61 Å². The molecule has 1 amide bonds. The number of nitrogens with one attached hydrogen (secondary N) is 1. The number of amides is 1. The Bertz CT molecular complexity index is 1330. The van der Waals surface area contributed by atoms with Crippen molar-refractivity contribution in [2.45, 2.75) is 24.7 Å². The quantitative estimate of drug-likeness (QED) is 0.449. The second-order valence-corrected chi connectivity index (χ2v) is 11.3. The summed E-state index contributed by atoms with van der Waals surface area (Å²) in [6.45, 7) is 2.51. The first-order valence-electron chi connectivity index (χ1n) is 11.0. The van der Waals surface area contributed by atoms with Crippen LogP contribution in [0.1, 0.15) is 30.1 Å². The molecule has 1 heterocycles. The third kappa shape index (κ3) is 5.65. The van der Waals surface area contributed by atoms with Crippen LogP contribution >= 0.6 is 15.9 Å². The number of piperidine rings is 1. The highest BCUT2D eigenvalue weighted by Crippen LogP contribution is 2.27. The summed E-state index contributed by atoms with van der Waals surface area (Å²) in [4.78, 5) is 24.9. The lowest BCUT2D eigenvalue weighted by Crippen LogP contribution is -2.37. The maximum Gasteiger partial charge on any atom is 0.338 e. The highest BCUT2D eigenvalue weighted by molar-refractivity contribution is 9.10. The van der Waals surface area contributed by atoms with Gasteiger partial charge in [-0.1, -0.05) is 53.2 Å². The Morgan fingerprint density at radius 1 is 1.03 bits per heavy atom. The summed E-state index contributed by atoms with van der Waals surface area (Å²) >= 11 is 3.28. The summed E-state index contributed by atoms with van der Waals surface area (Å²) in [5.41, 5.74) is 0.642. The van der Waals surface area contributed by atoms with Crippen molar-refractivity contribution in [2.24, 2.45) is 5.92 Å². The van der Waals surface area contributed by atoms with Crippen molar-refractivity contribution in [1.82, 2.24) is 4.31 Å². The van der Waals surface area contributed by atoms with Gasteiger partial charge in [0, 0.05) is 23.2 Å². The standard InChI is InChI=1S/C25H25BrN2O5S/c1-17-8-10-28(11-9-17)34(31,32)23-14-20(12-21(26)15-23)25(30)33-16-24(29)27-22-7-6-18-4-2-3-5-19(18)13-22/h2-7,12-15,17H,8-11,16H2,1H3,(H,27,29). The molecular weight excluding hydrogens is 520 g/mol. The Hall–Kier alpha value is -2.75. The average Bonchev–Trinajstić information content (AvgIpc) is 2.82. The number of benzene rings is 3. The van der Waals surface area contributed by atoms with E-state index in [2.05, 4.69) is 28.2 Å². The molecule has 0 bridgehead atoms. The largest absolute Gasteiger partial charge is 0.452 e. The van der Waals surface area contributed by atoms with Gasteiger partial charge in [-0.15, -0.1) is 0 Å². The van der Waals surface area contributed by atoms with E-state index in [1.165, 1.54) is 22.5 Å². The summed E-state index contributed by atoms with van der Waals surface area (Å²) in [6.07, 6.45) is 1.60. The molecule has 34 heavy (non-hydrogen) atoms. The van der Waals surface area contributed by atoms with Crippen LogP contribution in [0.3, 0.4) is 0 Å². The molecule has 3 aromatic carbocycles. The molecule has 1 N–H and O–H groups in total. The number of esters is 1. The van der Waals surface area contributed by atoms with Crippen molar-refractivity contribution < 1.29 is 22.7 Å². The maximum atomic E-state index is 13.1. The zero-order chi connectivity index (χ0) is 24.3. The number of fused-ring (bicyclic) bond motifs is 1. The molecule has 3 aromatic rings. The van der Waals surface area contributed by atoms with Crippen LogP contribution in [0.2, 0.25) is 0 Å². The molecule has 1 aliphatic heterocycles. The van der Waals surface area contributed by atoms with Gasteiger partial charge in [-0.2, -0.15) is 4.31 Å². The second-order valence-electron chi connectivity index (χ2n) is 8.45. The van der Waals surface area contributed by atoms with Crippen molar-refractivity contribution in [1.29, 1.82) is 0 Å². The van der Waals surface area contributed by atoms with E-state index in [0.29, 0.717) is 29.2 Å². The normalized spacial score (nSPS) is 15.2. The topological polar surface area (TPSA) is 92.8 Å². The lowest BCUT2D eigenvalue weighted by molar-refractivity contribution is -0.119. The number of nitrogens with zero attached hydrogens (tertiary/aromatic N) is 1. The van der Waals surface area contributed by atoms with Crippen LogP contribution in [0.25, 0.3) is 10.8 Å². The van der Waals surface area contributed by atoms with Gasteiger partial charge in [0.1, 0.15) is 0 Å². The van der Waals surface area contributed by atoms with Gasteiger partial charge in [-0.05, 0) is 59.9 Å². The molecule has 0 unspecified atom stereocenters. The number of anilines is 1. The first-order chi connectivity index (χ1) is 16.2. The zero-order valence-electron chi connectivity index (χ0n) is 18.7. The minimum absolute atomic E-state index is 0.0176. The minimum Gasteiger partial charge on any atom is -0.452 e. The summed E-state index contributed by atoms with van der Waals surface area (Å²) in [5.74, 6) is -0.784. The Morgan fingerprint density at radius 3 is 2.47 bits per heavy atom. The Morgan fingerprint density at radius 2 is 1.74 bits per heavy atom. The minimum atomic E-state index is -3.74. The molecule has 1 aliphatic rings.